The van der Waals surface area contributed by atoms with E-state index in [1.165, 1.54) is 17.9 Å². The fourth-order valence-corrected chi connectivity index (χ4v) is 3.23. The summed E-state index contributed by atoms with van der Waals surface area (Å²) in [5, 5.41) is 0. The van der Waals surface area contributed by atoms with Crippen molar-refractivity contribution in [3.05, 3.63) is 23.5 Å². The van der Waals surface area contributed by atoms with Gasteiger partial charge in [-0.05, 0) is 31.0 Å². The molecule has 1 aromatic carbocycles. The summed E-state index contributed by atoms with van der Waals surface area (Å²) in [6, 6.07) is 2.34. The molecule has 2 rings (SSSR count). The largest absolute Gasteiger partial charge is 0.408 e. The standard InChI is InChI=1S/C15H15F7N2S/c1-9-5-10(16)11(6-12(9)25-8-15(20,21)22)24-4-2-3-13(24)23-7-14(17,18)19/h5-6H,2-4,7-8H2,1H3/b23-13+. The van der Waals surface area contributed by atoms with E-state index >= 15 is 0 Å². The van der Waals surface area contributed by atoms with E-state index in [1.807, 2.05) is 0 Å². The van der Waals surface area contributed by atoms with E-state index in [0.717, 1.165) is 6.07 Å². The van der Waals surface area contributed by atoms with Gasteiger partial charge in [-0.2, -0.15) is 26.3 Å². The summed E-state index contributed by atoms with van der Waals surface area (Å²) >= 11 is 0.516. The molecule has 0 N–H and O–H groups in total. The van der Waals surface area contributed by atoms with Crippen LogP contribution in [0.1, 0.15) is 18.4 Å². The van der Waals surface area contributed by atoms with Gasteiger partial charge in [0.25, 0.3) is 0 Å². The van der Waals surface area contributed by atoms with Gasteiger partial charge in [-0.15, -0.1) is 11.8 Å². The van der Waals surface area contributed by atoms with Crippen molar-refractivity contribution < 1.29 is 30.7 Å². The normalized spacial score (nSPS) is 17.6. The van der Waals surface area contributed by atoms with E-state index in [0.29, 0.717) is 23.7 Å². The highest BCUT2D eigenvalue weighted by molar-refractivity contribution is 7.99. The summed E-state index contributed by atoms with van der Waals surface area (Å²) in [6.45, 7) is 0.371. The Morgan fingerprint density at radius 1 is 1.12 bits per heavy atom. The summed E-state index contributed by atoms with van der Waals surface area (Å²) in [4.78, 5) is 5.03. The lowest BCUT2D eigenvalue weighted by molar-refractivity contribution is -0.118. The minimum Gasteiger partial charge on any atom is -0.328 e. The maximum absolute atomic E-state index is 14.3. The van der Waals surface area contributed by atoms with Gasteiger partial charge in [-0.1, -0.05) is 0 Å². The second-order valence-corrected chi connectivity index (χ2v) is 6.59. The van der Waals surface area contributed by atoms with Crippen LogP contribution in [0.25, 0.3) is 0 Å². The van der Waals surface area contributed by atoms with Crippen molar-refractivity contribution in [3.63, 3.8) is 0 Å². The highest BCUT2D eigenvalue weighted by Crippen LogP contribution is 2.35. The Morgan fingerprint density at radius 2 is 1.80 bits per heavy atom. The highest BCUT2D eigenvalue weighted by Gasteiger charge is 2.30. The second-order valence-electron chi connectivity index (χ2n) is 5.58. The molecule has 25 heavy (non-hydrogen) atoms. The van der Waals surface area contributed by atoms with Gasteiger partial charge in [0.2, 0.25) is 0 Å². The van der Waals surface area contributed by atoms with E-state index in [2.05, 4.69) is 4.99 Å². The summed E-state index contributed by atoms with van der Waals surface area (Å²) in [5.41, 5.74) is 0.289. The van der Waals surface area contributed by atoms with Crippen molar-refractivity contribution in [2.24, 2.45) is 4.99 Å². The van der Waals surface area contributed by atoms with E-state index in [4.69, 9.17) is 0 Å². The van der Waals surface area contributed by atoms with Crippen LogP contribution in [0.15, 0.2) is 22.0 Å². The molecular weight excluding hydrogens is 373 g/mol. The lowest BCUT2D eigenvalue weighted by Crippen LogP contribution is -2.27. The summed E-state index contributed by atoms with van der Waals surface area (Å²) in [6.07, 6.45) is -8.09. The van der Waals surface area contributed by atoms with Crippen LogP contribution in [-0.4, -0.2) is 37.0 Å². The first-order valence-corrected chi connectivity index (χ1v) is 8.32. The third-order valence-corrected chi connectivity index (χ3v) is 4.68. The lowest BCUT2D eigenvalue weighted by Gasteiger charge is -2.22. The van der Waals surface area contributed by atoms with Crippen molar-refractivity contribution in [2.75, 3.05) is 23.7 Å². The Labute approximate surface area is 144 Å². The number of amidine groups is 1. The smallest absolute Gasteiger partial charge is 0.328 e. The molecule has 2 nitrogen and oxygen atoms in total. The van der Waals surface area contributed by atoms with Crippen molar-refractivity contribution in [3.8, 4) is 0 Å². The molecule has 0 atom stereocenters. The zero-order valence-electron chi connectivity index (χ0n) is 13.1. The third kappa shape index (κ3) is 5.79. The molecule has 1 aromatic rings. The summed E-state index contributed by atoms with van der Waals surface area (Å²) in [5.74, 6) is -1.74. The van der Waals surface area contributed by atoms with Gasteiger partial charge >= 0.3 is 12.4 Å². The molecule has 1 saturated heterocycles. The van der Waals surface area contributed by atoms with Gasteiger partial charge in [0, 0.05) is 17.9 Å². The topological polar surface area (TPSA) is 15.6 Å². The molecule has 0 amide bonds. The Balaban J connectivity index is 2.28. The number of benzene rings is 1. The monoisotopic (exact) mass is 388 g/mol. The van der Waals surface area contributed by atoms with Gasteiger partial charge in [-0.3, -0.25) is 4.99 Å². The first-order chi connectivity index (χ1) is 11.5. The van der Waals surface area contributed by atoms with Gasteiger partial charge in [-0.25, -0.2) is 4.39 Å². The van der Waals surface area contributed by atoms with Crippen molar-refractivity contribution >= 4 is 23.3 Å². The first kappa shape index (κ1) is 19.9. The second kappa shape index (κ2) is 7.43. The summed E-state index contributed by atoms with van der Waals surface area (Å²) < 4.78 is 88.5. The number of anilines is 1. The quantitative estimate of drug-likeness (QED) is 0.511. The van der Waals surface area contributed by atoms with Crippen molar-refractivity contribution in [2.45, 2.75) is 37.0 Å². The molecule has 1 heterocycles. The molecule has 1 aliphatic heterocycles. The minimum absolute atomic E-state index is 0.0475. The van der Waals surface area contributed by atoms with Crippen LogP contribution in [0.5, 0.6) is 0 Å². The van der Waals surface area contributed by atoms with E-state index in [9.17, 15) is 30.7 Å². The van der Waals surface area contributed by atoms with Gasteiger partial charge in [0.05, 0.1) is 11.4 Å². The SMILES string of the molecule is Cc1cc(F)c(N2CCC/C2=N\CC(F)(F)F)cc1SCC(F)(F)F. The molecule has 0 aliphatic carbocycles. The molecule has 0 bridgehead atoms. The predicted molar refractivity (Wildman–Crippen MR) is 82.9 cm³/mol. The number of alkyl halides is 6. The number of hydrogen-bond donors (Lipinski definition) is 0. The maximum Gasteiger partial charge on any atom is 0.408 e. The number of aliphatic imine (C=N–C) groups is 1. The highest BCUT2D eigenvalue weighted by atomic mass is 32.2. The number of thioether (sulfide) groups is 1. The first-order valence-electron chi connectivity index (χ1n) is 7.33. The fraction of sp³-hybridized carbons (Fsp3) is 0.533. The Bertz CT molecular complexity index is 653. The van der Waals surface area contributed by atoms with Crippen LogP contribution in [-0.2, 0) is 0 Å². The number of aryl methyl sites for hydroxylation is 1. The van der Waals surface area contributed by atoms with Gasteiger partial charge in [0.1, 0.15) is 18.2 Å². The van der Waals surface area contributed by atoms with Crippen LogP contribution in [0, 0.1) is 12.7 Å². The van der Waals surface area contributed by atoms with Crippen molar-refractivity contribution in [1.29, 1.82) is 0 Å². The van der Waals surface area contributed by atoms with E-state index in [1.54, 1.807) is 0 Å². The zero-order valence-corrected chi connectivity index (χ0v) is 14.0. The molecule has 0 spiro atoms. The minimum atomic E-state index is -4.47. The molecule has 0 aromatic heterocycles. The number of hydrogen-bond acceptors (Lipinski definition) is 2. The van der Waals surface area contributed by atoms with Crippen molar-refractivity contribution in [1.82, 2.24) is 0 Å². The van der Waals surface area contributed by atoms with Crippen LogP contribution < -0.4 is 4.90 Å². The van der Waals surface area contributed by atoms with Gasteiger partial charge < -0.3 is 4.90 Å². The average molecular weight is 388 g/mol. The zero-order chi connectivity index (χ0) is 18.8. The Hall–Kier alpha value is -1.45. The molecular formula is C15H15F7N2S. The number of halogens is 7. The number of rotatable bonds is 4. The summed E-state index contributed by atoms with van der Waals surface area (Å²) in [7, 11) is 0. The van der Waals surface area contributed by atoms with E-state index < -0.39 is 30.5 Å². The fourth-order valence-electron chi connectivity index (χ4n) is 2.43. The van der Waals surface area contributed by atoms with Crippen LogP contribution in [0.4, 0.5) is 36.4 Å². The van der Waals surface area contributed by atoms with Crippen LogP contribution >= 0.6 is 11.8 Å². The molecule has 1 aliphatic rings. The third-order valence-electron chi connectivity index (χ3n) is 3.46. The Morgan fingerprint density at radius 3 is 2.40 bits per heavy atom. The molecule has 0 saturated carbocycles. The van der Waals surface area contributed by atoms with Crippen LogP contribution in [0.2, 0.25) is 0 Å². The van der Waals surface area contributed by atoms with E-state index in [-0.39, 0.29) is 29.4 Å². The Kier molecular flexibility index (Phi) is 5.90. The average Bonchev–Trinajstić information content (AvgIpc) is 2.90. The molecule has 0 unspecified atom stereocenters. The lowest BCUT2D eigenvalue weighted by atomic mass is 10.2. The molecule has 140 valence electrons. The van der Waals surface area contributed by atoms with Gasteiger partial charge in [0.15, 0.2) is 0 Å². The molecule has 1 fully saturated rings. The van der Waals surface area contributed by atoms with Crippen LogP contribution in [0.3, 0.4) is 0 Å². The predicted octanol–water partition coefficient (Wildman–Crippen LogP) is 5.35. The molecule has 0 radical (unpaired) electrons. The maximum atomic E-state index is 14.3. The molecule has 10 heteroatoms. The number of nitrogens with zero attached hydrogens (tertiary/aromatic N) is 2.